The predicted octanol–water partition coefficient (Wildman–Crippen LogP) is 3.35. The molecule has 0 bridgehead atoms. The average Bonchev–Trinajstić information content (AvgIpc) is 2.59. The molecule has 1 amide bonds. The molecule has 0 unspecified atom stereocenters. The Morgan fingerprint density at radius 1 is 1.16 bits per heavy atom. The van der Waals surface area contributed by atoms with E-state index in [1.807, 2.05) is 42.5 Å². The Labute approximate surface area is 152 Å². The standard InChI is InChI=1S/C18H16BrN3O3/c19-13-8-4-9-14-16(13)17(23)22(12-6-2-1-3-7-12)15(21-14)10-5-11-20-18(24)25/h1-4,6-9,20H,5,10-11H2,(H,24,25). The lowest BCUT2D eigenvalue weighted by molar-refractivity contribution is 0.194. The maximum atomic E-state index is 13.1. The molecule has 0 aliphatic rings. The maximum absolute atomic E-state index is 13.1. The molecular formula is C18H16BrN3O3. The molecule has 1 heterocycles. The third-order valence-electron chi connectivity index (χ3n) is 3.78. The molecule has 0 aliphatic heterocycles. The molecule has 3 rings (SSSR count). The van der Waals surface area contributed by atoms with Crippen molar-refractivity contribution in [1.82, 2.24) is 14.9 Å². The first kappa shape index (κ1) is 17.2. The van der Waals surface area contributed by atoms with Gasteiger partial charge in [0.1, 0.15) is 5.82 Å². The molecule has 0 saturated heterocycles. The van der Waals surface area contributed by atoms with Crippen LogP contribution in [0.3, 0.4) is 0 Å². The van der Waals surface area contributed by atoms with Crippen molar-refractivity contribution in [2.24, 2.45) is 0 Å². The highest BCUT2D eigenvalue weighted by atomic mass is 79.9. The largest absolute Gasteiger partial charge is 0.465 e. The van der Waals surface area contributed by atoms with Gasteiger partial charge in [-0.25, -0.2) is 9.78 Å². The van der Waals surface area contributed by atoms with Crippen molar-refractivity contribution < 1.29 is 9.90 Å². The van der Waals surface area contributed by atoms with Gasteiger partial charge in [-0.1, -0.05) is 24.3 Å². The first-order valence-corrected chi connectivity index (χ1v) is 8.59. The van der Waals surface area contributed by atoms with E-state index in [0.29, 0.717) is 40.6 Å². The molecule has 0 radical (unpaired) electrons. The number of amides is 1. The summed E-state index contributed by atoms with van der Waals surface area (Å²) in [6.45, 7) is 0.302. The molecule has 0 spiro atoms. The summed E-state index contributed by atoms with van der Waals surface area (Å²) >= 11 is 3.43. The first-order valence-electron chi connectivity index (χ1n) is 7.80. The van der Waals surface area contributed by atoms with Crippen LogP contribution in [0.1, 0.15) is 12.2 Å². The van der Waals surface area contributed by atoms with Crippen molar-refractivity contribution in [3.05, 3.63) is 69.2 Å². The van der Waals surface area contributed by atoms with Crippen LogP contribution in [0.2, 0.25) is 0 Å². The van der Waals surface area contributed by atoms with Crippen LogP contribution in [0.4, 0.5) is 4.79 Å². The molecule has 0 fully saturated rings. The van der Waals surface area contributed by atoms with Gasteiger partial charge in [-0.3, -0.25) is 9.36 Å². The minimum atomic E-state index is -1.06. The van der Waals surface area contributed by atoms with Crippen LogP contribution in [0.25, 0.3) is 16.6 Å². The lowest BCUT2D eigenvalue weighted by atomic mass is 10.2. The number of carboxylic acid groups (broad SMARTS) is 1. The van der Waals surface area contributed by atoms with E-state index in [-0.39, 0.29) is 5.56 Å². The van der Waals surface area contributed by atoms with Gasteiger partial charge in [0, 0.05) is 17.4 Å². The number of halogens is 1. The van der Waals surface area contributed by atoms with Crippen molar-refractivity contribution in [2.75, 3.05) is 6.54 Å². The summed E-state index contributed by atoms with van der Waals surface area (Å²) in [5.41, 5.74) is 1.21. The summed E-state index contributed by atoms with van der Waals surface area (Å²) in [4.78, 5) is 28.3. The Kier molecular flexibility index (Phi) is 5.14. The molecule has 7 heteroatoms. The molecule has 1 aromatic heterocycles. The number of nitrogens with zero attached hydrogens (tertiary/aromatic N) is 2. The summed E-state index contributed by atoms with van der Waals surface area (Å²) in [6, 6.07) is 14.8. The van der Waals surface area contributed by atoms with Gasteiger partial charge in [-0.05, 0) is 46.6 Å². The highest BCUT2D eigenvalue weighted by Gasteiger charge is 2.14. The molecule has 0 atom stereocenters. The quantitative estimate of drug-likeness (QED) is 0.642. The van der Waals surface area contributed by atoms with Crippen LogP contribution >= 0.6 is 15.9 Å². The van der Waals surface area contributed by atoms with Gasteiger partial charge in [0.2, 0.25) is 0 Å². The fourth-order valence-corrected chi connectivity index (χ4v) is 3.21. The van der Waals surface area contributed by atoms with E-state index in [4.69, 9.17) is 5.11 Å². The molecule has 0 aliphatic carbocycles. The summed E-state index contributed by atoms with van der Waals surface area (Å²) in [6.07, 6.45) is -0.0337. The number of aromatic nitrogens is 2. The molecular weight excluding hydrogens is 386 g/mol. The van der Waals surface area contributed by atoms with E-state index in [0.717, 1.165) is 5.69 Å². The summed E-state index contributed by atoms with van der Waals surface area (Å²) in [5.74, 6) is 0.606. The zero-order valence-electron chi connectivity index (χ0n) is 13.3. The highest BCUT2D eigenvalue weighted by molar-refractivity contribution is 9.10. The van der Waals surface area contributed by atoms with Crippen LogP contribution in [0, 0.1) is 0 Å². The number of benzene rings is 2. The van der Waals surface area contributed by atoms with Gasteiger partial charge in [0.05, 0.1) is 16.6 Å². The zero-order chi connectivity index (χ0) is 17.8. The Bertz CT molecular complexity index is 970. The Morgan fingerprint density at radius 3 is 2.64 bits per heavy atom. The van der Waals surface area contributed by atoms with Gasteiger partial charge in [-0.2, -0.15) is 0 Å². The van der Waals surface area contributed by atoms with Crippen LogP contribution in [0.5, 0.6) is 0 Å². The maximum Gasteiger partial charge on any atom is 0.404 e. The Balaban J connectivity index is 2.10. The van der Waals surface area contributed by atoms with E-state index >= 15 is 0 Å². The third-order valence-corrected chi connectivity index (χ3v) is 4.44. The lowest BCUT2D eigenvalue weighted by Gasteiger charge is -2.14. The van der Waals surface area contributed by atoms with Crippen molar-refractivity contribution in [1.29, 1.82) is 0 Å². The van der Waals surface area contributed by atoms with Crippen molar-refractivity contribution in [2.45, 2.75) is 12.8 Å². The van der Waals surface area contributed by atoms with Gasteiger partial charge in [0.15, 0.2) is 0 Å². The smallest absolute Gasteiger partial charge is 0.404 e. The van der Waals surface area contributed by atoms with Crippen molar-refractivity contribution in [3.63, 3.8) is 0 Å². The number of para-hydroxylation sites is 1. The van der Waals surface area contributed by atoms with Gasteiger partial charge in [0.25, 0.3) is 5.56 Å². The van der Waals surface area contributed by atoms with E-state index in [1.165, 1.54) is 0 Å². The summed E-state index contributed by atoms with van der Waals surface area (Å²) in [5, 5.41) is 11.5. The Morgan fingerprint density at radius 2 is 1.92 bits per heavy atom. The third kappa shape index (κ3) is 3.71. The molecule has 6 nitrogen and oxygen atoms in total. The second kappa shape index (κ2) is 7.48. The molecule has 128 valence electrons. The second-order valence-corrected chi connectivity index (χ2v) is 6.33. The average molecular weight is 402 g/mol. The predicted molar refractivity (Wildman–Crippen MR) is 99.4 cm³/mol. The van der Waals surface area contributed by atoms with Crippen molar-refractivity contribution >= 4 is 32.9 Å². The number of rotatable bonds is 5. The summed E-state index contributed by atoms with van der Waals surface area (Å²) in [7, 11) is 0. The van der Waals surface area contributed by atoms with Crippen LogP contribution in [-0.2, 0) is 6.42 Å². The van der Waals surface area contributed by atoms with Crippen LogP contribution in [-0.4, -0.2) is 27.3 Å². The fraction of sp³-hybridized carbons (Fsp3) is 0.167. The number of nitrogens with one attached hydrogen (secondary N) is 1. The van der Waals surface area contributed by atoms with E-state index in [2.05, 4.69) is 26.2 Å². The highest BCUT2D eigenvalue weighted by Crippen LogP contribution is 2.21. The fourth-order valence-electron chi connectivity index (χ4n) is 2.69. The number of carbonyl (C=O) groups is 1. The van der Waals surface area contributed by atoms with E-state index in [1.54, 1.807) is 10.6 Å². The monoisotopic (exact) mass is 401 g/mol. The summed E-state index contributed by atoms with van der Waals surface area (Å²) < 4.78 is 2.29. The number of fused-ring (bicyclic) bond motifs is 1. The van der Waals surface area contributed by atoms with E-state index < -0.39 is 6.09 Å². The number of aryl methyl sites for hydroxylation is 1. The SMILES string of the molecule is O=C(O)NCCCc1nc2cccc(Br)c2c(=O)n1-c1ccccc1. The van der Waals surface area contributed by atoms with Crippen LogP contribution < -0.4 is 10.9 Å². The second-order valence-electron chi connectivity index (χ2n) is 5.47. The molecule has 0 saturated carbocycles. The van der Waals surface area contributed by atoms with Gasteiger partial charge < -0.3 is 10.4 Å². The number of hydrogen-bond donors (Lipinski definition) is 2. The lowest BCUT2D eigenvalue weighted by Crippen LogP contribution is -2.26. The normalized spacial score (nSPS) is 10.8. The van der Waals surface area contributed by atoms with Gasteiger partial charge in [-0.15, -0.1) is 0 Å². The topological polar surface area (TPSA) is 84.2 Å². The Hall–Kier alpha value is -2.67. The number of hydrogen-bond acceptors (Lipinski definition) is 3. The van der Waals surface area contributed by atoms with Crippen molar-refractivity contribution in [3.8, 4) is 5.69 Å². The van der Waals surface area contributed by atoms with Gasteiger partial charge >= 0.3 is 6.09 Å². The molecule has 3 aromatic rings. The minimum Gasteiger partial charge on any atom is -0.465 e. The molecule has 2 aromatic carbocycles. The minimum absolute atomic E-state index is 0.148. The van der Waals surface area contributed by atoms with Crippen LogP contribution in [0.15, 0.2) is 57.8 Å². The van der Waals surface area contributed by atoms with E-state index in [9.17, 15) is 9.59 Å². The zero-order valence-corrected chi connectivity index (χ0v) is 14.9. The molecule has 2 N–H and O–H groups in total. The molecule has 25 heavy (non-hydrogen) atoms. The first-order chi connectivity index (χ1) is 12.1.